The van der Waals surface area contributed by atoms with E-state index in [0.717, 1.165) is 12.8 Å². The van der Waals surface area contributed by atoms with Crippen LogP contribution in [0.5, 0.6) is 0 Å². The third-order valence-electron chi connectivity index (χ3n) is 3.06. The van der Waals surface area contributed by atoms with Crippen LogP contribution in [0.3, 0.4) is 0 Å². The highest BCUT2D eigenvalue weighted by molar-refractivity contribution is 5.35. The minimum atomic E-state index is 1.04. The maximum absolute atomic E-state index is 2.34. The number of benzene rings is 2. The third kappa shape index (κ3) is 2.52. The summed E-state index contributed by atoms with van der Waals surface area (Å²) in [6, 6.07) is 17.5. The van der Waals surface area contributed by atoms with Gasteiger partial charge in [0, 0.05) is 0 Å². The van der Waals surface area contributed by atoms with Gasteiger partial charge in [-0.3, -0.25) is 0 Å². The summed E-state index contributed by atoms with van der Waals surface area (Å²) in [5, 5.41) is 0. The van der Waals surface area contributed by atoms with Crippen molar-refractivity contribution in [3.05, 3.63) is 70.8 Å². The lowest BCUT2D eigenvalue weighted by Gasteiger charge is -2.08. The van der Waals surface area contributed by atoms with E-state index >= 15 is 0 Å². The molecular formula is C16H18. The number of hydrogen-bond donors (Lipinski definition) is 0. The molecule has 0 heteroatoms. The van der Waals surface area contributed by atoms with Crippen molar-refractivity contribution in [2.45, 2.75) is 26.7 Å². The van der Waals surface area contributed by atoms with E-state index in [2.05, 4.69) is 62.4 Å². The summed E-state index contributed by atoms with van der Waals surface area (Å²) in [5.41, 5.74) is 5.65. The van der Waals surface area contributed by atoms with Gasteiger partial charge in [0.2, 0.25) is 0 Å². The lowest BCUT2D eigenvalue weighted by molar-refractivity contribution is 1.09. The van der Waals surface area contributed by atoms with Crippen LogP contribution in [0.2, 0.25) is 0 Å². The first-order valence-electron chi connectivity index (χ1n) is 5.92. The Kier molecular flexibility index (Phi) is 3.40. The predicted octanol–water partition coefficient (Wildman–Crippen LogP) is 4.15. The normalized spacial score (nSPS) is 10.4. The van der Waals surface area contributed by atoms with Crippen LogP contribution < -0.4 is 0 Å². The fraction of sp³-hybridized carbons (Fsp3) is 0.250. The molecule has 0 spiro atoms. The van der Waals surface area contributed by atoms with Gasteiger partial charge in [0.1, 0.15) is 0 Å². The van der Waals surface area contributed by atoms with Gasteiger partial charge in [-0.2, -0.15) is 0 Å². The summed E-state index contributed by atoms with van der Waals surface area (Å²) in [6.07, 6.45) is 2.16. The van der Waals surface area contributed by atoms with Crippen molar-refractivity contribution >= 4 is 0 Å². The van der Waals surface area contributed by atoms with Crippen LogP contribution in [0.15, 0.2) is 48.5 Å². The maximum Gasteiger partial charge on any atom is -0.00230 e. The lowest BCUT2D eigenvalue weighted by Crippen LogP contribution is -1.93. The average molecular weight is 210 g/mol. The fourth-order valence-electron chi connectivity index (χ4n) is 1.95. The average Bonchev–Trinajstić information content (AvgIpc) is 2.33. The first-order chi connectivity index (χ1) is 7.79. The van der Waals surface area contributed by atoms with Crippen LogP contribution in [0.25, 0.3) is 0 Å². The molecule has 0 N–H and O–H groups in total. The molecule has 0 saturated carbocycles. The molecule has 0 aliphatic carbocycles. The van der Waals surface area contributed by atoms with E-state index in [9.17, 15) is 0 Å². The highest BCUT2D eigenvalue weighted by Gasteiger charge is 2.01. The Labute approximate surface area is 97.9 Å². The van der Waals surface area contributed by atoms with Crippen molar-refractivity contribution in [2.75, 3.05) is 0 Å². The molecule has 0 bridgehead atoms. The molecule has 0 radical (unpaired) electrons. The zero-order chi connectivity index (χ0) is 11.4. The number of hydrogen-bond acceptors (Lipinski definition) is 0. The van der Waals surface area contributed by atoms with Crippen molar-refractivity contribution in [1.29, 1.82) is 0 Å². The van der Waals surface area contributed by atoms with Gasteiger partial charge < -0.3 is 0 Å². The monoisotopic (exact) mass is 210 g/mol. The molecule has 2 rings (SSSR count). The van der Waals surface area contributed by atoms with Crippen LogP contribution in [0, 0.1) is 6.92 Å². The van der Waals surface area contributed by atoms with Gasteiger partial charge in [0.15, 0.2) is 0 Å². The van der Waals surface area contributed by atoms with E-state index in [4.69, 9.17) is 0 Å². The van der Waals surface area contributed by atoms with Crippen LogP contribution in [-0.2, 0) is 12.8 Å². The van der Waals surface area contributed by atoms with Gasteiger partial charge in [-0.25, -0.2) is 0 Å². The van der Waals surface area contributed by atoms with Gasteiger partial charge in [-0.1, -0.05) is 55.5 Å². The molecule has 0 aliphatic rings. The molecule has 0 amide bonds. The highest BCUT2D eigenvalue weighted by Crippen LogP contribution is 2.16. The van der Waals surface area contributed by atoms with E-state index in [0.29, 0.717) is 0 Å². The first kappa shape index (κ1) is 10.9. The summed E-state index contributed by atoms with van der Waals surface area (Å²) < 4.78 is 0. The van der Waals surface area contributed by atoms with E-state index in [1.165, 1.54) is 22.3 Å². The molecule has 82 valence electrons. The van der Waals surface area contributed by atoms with E-state index in [1.807, 2.05) is 0 Å². The SMILES string of the molecule is CCc1ccc(C)c(Cc2ccccc2)c1. The zero-order valence-electron chi connectivity index (χ0n) is 10.0. The maximum atomic E-state index is 2.34. The van der Waals surface area contributed by atoms with Crippen molar-refractivity contribution in [1.82, 2.24) is 0 Å². The van der Waals surface area contributed by atoms with Crippen molar-refractivity contribution in [3.63, 3.8) is 0 Å². The Morgan fingerprint density at radius 3 is 2.31 bits per heavy atom. The molecule has 0 nitrogen and oxygen atoms in total. The fourth-order valence-corrected chi connectivity index (χ4v) is 1.95. The van der Waals surface area contributed by atoms with Gasteiger partial charge >= 0.3 is 0 Å². The quantitative estimate of drug-likeness (QED) is 0.714. The molecular weight excluding hydrogens is 192 g/mol. The minimum Gasteiger partial charge on any atom is -0.0622 e. The molecule has 0 aromatic heterocycles. The van der Waals surface area contributed by atoms with Gasteiger partial charge in [0.05, 0.1) is 0 Å². The summed E-state index contributed by atoms with van der Waals surface area (Å²) >= 11 is 0. The van der Waals surface area contributed by atoms with Crippen molar-refractivity contribution < 1.29 is 0 Å². The highest BCUT2D eigenvalue weighted by atomic mass is 14.1. The van der Waals surface area contributed by atoms with E-state index in [-0.39, 0.29) is 0 Å². The van der Waals surface area contributed by atoms with Crippen LogP contribution in [0.4, 0.5) is 0 Å². The Balaban J connectivity index is 2.27. The van der Waals surface area contributed by atoms with E-state index in [1.54, 1.807) is 0 Å². The molecule has 0 fully saturated rings. The molecule has 0 heterocycles. The largest absolute Gasteiger partial charge is 0.0622 e. The summed E-state index contributed by atoms with van der Waals surface area (Å²) in [4.78, 5) is 0. The Bertz CT molecular complexity index is 455. The second-order valence-electron chi connectivity index (χ2n) is 4.28. The number of aryl methyl sites for hydroxylation is 2. The van der Waals surface area contributed by atoms with Crippen molar-refractivity contribution in [3.8, 4) is 0 Å². The predicted molar refractivity (Wildman–Crippen MR) is 69.8 cm³/mol. The summed E-state index contributed by atoms with van der Waals surface area (Å²) in [5.74, 6) is 0. The molecule has 16 heavy (non-hydrogen) atoms. The van der Waals surface area contributed by atoms with Gasteiger partial charge in [0.25, 0.3) is 0 Å². The number of rotatable bonds is 3. The standard InChI is InChI=1S/C16H18/c1-3-14-10-9-13(2)16(11-14)12-15-7-5-4-6-8-15/h4-11H,3,12H2,1-2H3. The van der Waals surface area contributed by atoms with Gasteiger partial charge in [-0.05, 0) is 42.0 Å². The topological polar surface area (TPSA) is 0 Å². The molecule has 0 saturated heterocycles. The second kappa shape index (κ2) is 4.98. The molecule has 2 aromatic carbocycles. The Hall–Kier alpha value is -1.56. The lowest BCUT2D eigenvalue weighted by atomic mass is 9.97. The van der Waals surface area contributed by atoms with Crippen LogP contribution in [0.1, 0.15) is 29.2 Å². The van der Waals surface area contributed by atoms with Crippen LogP contribution in [-0.4, -0.2) is 0 Å². The minimum absolute atomic E-state index is 1.04. The summed E-state index contributed by atoms with van der Waals surface area (Å²) in [6.45, 7) is 4.40. The van der Waals surface area contributed by atoms with Crippen molar-refractivity contribution in [2.24, 2.45) is 0 Å². The molecule has 2 aromatic rings. The Morgan fingerprint density at radius 2 is 1.62 bits per heavy atom. The molecule has 0 atom stereocenters. The summed E-state index contributed by atoms with van der Waals surface area (Å²) in [7, 11) is 0. The molecule has 0 unspecified atom stereocenters. The third-order valence-corrected chi connectivity index (χ3v) is 3.06. The second-order valence-corrected chi connectivity index (χ2v) is 4.28. The zero-order valence-corrected chi connectivity index (χ0v) is 10.0. The Morgan fingerprint density at radius 1 is 0.875 bits per heavy atom. The van der Waals surface area contributed by atoms with Gasteiger partial charge in [-0.15, -0.1) is 0 Å². The smallest absolute Gasteiger partial charge is 0.00230 e. The van der Waals surface area contributed by atoms with Crippen LogP contribution >= 0.6 is 0 Å². The first-order valence-corrected chi connectivity index (χ1v) is 5.92. The molecule has 0 aliphatic heterocycles. The van der Waals surface area contributed by atoms with E-state index < -0.39 is 0 Å².